The van der Waals surface area contributed by atoms with Crippen molar-refractivity contribution < 1.29 is 4.42 Å². The van der Waals surface area contributed by atoms with Crippen molar-refractivity contribution in [1.29, 1.82) is 5.26 Å². The van der Waals surface area contributed by atoms with E-state index < -0.39 is 0 Å². The molecule has 0 bridgehead atoms. The van der Waals surface area contributed by atoms with Gasteiger partial charge < -0.3 is 9.73 Å². The Kier molecular flexibility index (Phi) is 3.20. The number of aromatic nitrogens is 1. The minimum atomic E-state index is 0.549. The highest BCUT2D eigenvalue weighted by atomic mass is 16.3. The molecular formula is C15H15N3O. The van der Waals surface area contributed by atoms with E-state index in [2.05, 4.69) is 16.4 Å². The summed E-state index contributed by atoms with van der Waals surface area (Å²) >= 11 is 0. The van der Waals surface area contributed by atoms with Gasteiger partial charge in [-0.1, -0.05) is 0 Å². The van der Waals surface area contributed by atoms with Gasteiger partial charge in [0.1, 0.15) is 17.6 Å². The van der Waals surface area contributed by atoms with Gasteiger partial charge in [-0.25, -0.2) is 4.98 Å². The third-order valence-electron chi connectivity index (χ3n) is 3.43. The van der Waals surface area contributed by atoms with Crippen molar-refractivity contribution in [2.45, 2.75) is 32.2 Å². The molecule has 0 amide bonds. The van der Waals surface area contributed by atoms with Crippen LogP contribution in [0.25, 0.3) is 0 Å². The SMILES string of the molecule is N#Cc1cc2c(nc1NCc1ccco1)CCCC2. The molecule has 0 radical (unpaired) electrons. The Hall–Kier alpha value is -2.28. The summed E-state index contributed by atoms with van der Waals surface area (Å²) in [5.74, 6) is 1.50. The highest BCUT2D eigenvalue weighted by molar-refractivity contribution is 5.54. The van der Waals surface area contributed by atoms with Crippen LogP contribution in [0.1, 0.15) is 35.4 Å². The monoisotopic (exact) mass is 253 g/mol. The molecule has 0 aliphatic heterocycles. The molecule has 2 heterocycles. The summed E-state index contributed by atoms with van der Waals surface area (Å²) < 4.78 is 5.27. The molecule has 0 atom stereocenters. The van der Waals surface area contributed by atoms with Crippen molar-refractivity contribution >= 4 is 5.82 Å². The van der Waals surface area contributed by atoms with Gasteiger partial charge in [-0.05, 0) is 49.4 Å². The molecule has 0 aromatic carbocycles. The molecular weight excluding hydrogens is 238 g/mol. The number of nitrogens with one attached hydrogen (secondary N) is 1. The fourth-order valence-corrected chi connectivity index (χ4v) is 2.44. The van der Waals surface area contributed by atoms with E-state index in [1.807, 2.05) is 18.2 Å². The number of nitrogens with zero attached hydrogens (tertiary/aromatic N) is 2. The number of hydrogen-bond acceptors (Lipinski definition) is 4. The number of rotatable bonds is 3. The standard InChI is InChI=1S/C15H15N3O/c16-9-12-8-11-4-1-2-6-14(11)18-15(12)17-10-13-5-3-7-19-13/h3,5,7-8H,1-2,4,6,10H2,(H,17,18). The third kappa shape index (κ3) is 2.45. The molecule has 0 unspecified atom stereocenters. The number of pyridine rings is 1. The van der Waals surface area contributed by atoms with E-state index >= 15 is 0 Å². The summed E-state index contributed by atoms with van der Waals surface area (Å²) in [5, 5.41) is 12.4. The largest absolute Gasteiger partial charge is 0.467 e. The van der Waals surface area contributed by atoms with Gasteiger partial charge in [0.25, 0.3) is 0 Å². The molecule has 0 fully saturated rings. The Bertz CT molecular complexity index is 611. The fraction of sp³-hybridized carbons (Fsp3) is 0.333. The molecule has 3 rings (SSSR count). The minimum absolute atomic E-state index is 0.549. The average molecular weight is 253 g/mol. The van der Waals surface area contributed by atoms with E-state index in [4.69, 9.17) is 4.42 Å². The number of fused-ring (bicyclic) bond motifs is 1. The van der Waals surface area contributed by atoms with Gasteiger partial charge in [-0.3, -0.25) is 0 Å². The zero-order valence-electron chi connectivity index (χ0n) is 10.6. The lowest BCUT2D eigenvalue weighted by atomic mass is 9.95. The van der Waals surface area contributed by atoms with E-state index in [9.17, 15) is 5.26 Å². The second-order valence-corrected chi connectivity index (χ2v) is 4.74. The maximum absolute atomic E-state index is 9.22. The topological polar surface area (TPSA) is 61.9 Å². The average Bonchev–Trinajstić information content (AvgIpc) is 2.97. The first-order chi connectivity index (χ1) is 9.36. The molecule has 19 heavy (non-hydrogen) atoms. The molecule has 4 nitrogen and oxygen atoms in total. The van der Waals surface area contributed by atoms with Crippen LogP contribution in [0.5, 0.6) is 0 Å². The van der Waals surface area contributed by atoms with Gasteiger partial charge >= 0.3 is 0 Å². The van der Waals surface area contributed by atoms with E-state index in [1.54, 1.807) is 6.26 Å². The Morgan fingerprint density at radius 1 is 1.37 bits per heavy atom. The quantitative estimate of drug-likeness (QED) is 0.913. The van der Waals surface area contributed by atoms with Crippen LogP contribution in [0.2, 0.25) is 0 Å². The van der Waals surface area contributed by atoms with Gasteiger partial charge in [0, 0.05) is 5.69 Å². The number of aryl methyl sites for hydroxylation is 2. The molecule has 96 valence electrons. The summed E-state index contributed by atoms with van der Waals surface area (Å²) in [7, 11) is 0. The van der Waals surface area contributed by atoms with Crippen LogP contribution in [0, 0.1) is 11.3 Å². The molecule has 0 saturated carbocycles. The summed E-state index contributed by atoms with van der Waals surface area (Å²) in [5.41, 5.74) is 2.98. The predicted octanol–water partition coefficient (Wildman–Crippen LogP) is 3.04. The number of furan rings is 1. The Morgan fingerprint density at radius 3 is 3.05 bits per heavy atom. The van der Waals surface area contributed by atoms with Gasteiger partial charge in [-0.2, -0.15) is 5.26 Å². The van der Waals surface area contributed by atoms with Gasteiger partial charge in [0.05, 0.1) is 18.4 Å². The highest BCUT2D eigenvalue weighted by Gasteiger charge is 2.15. The second kappa shape index (κ2) is 5.15. The minimum Gasteiger partial charge on any atom is -0.467 e. The zero-order chi connectivity index (χ0) is 13.1. The lowest BCUT2D eigenvalue weighted by Gasteiger charge is -2.17. The van der Waals surface area contributed by atoms with Crippen molar-refractivity contribution in [3.8, 4) is 6.07 Å². The normalized spacial score (nSPS) is 13.6. The van der Waals surface area contributed by atoms with E-state index in [1.165, 1.54) is 18.4 Å². The summed E-state index contributed by atoms with van der Waals surface area (Å²) in [6.07, 6.45) is 6.07. The molecule has 0 spiro atoms. The number of nitriles is 1. The molecule has 1 aliphatic carbocycles. The van der Waals surface area contributed by atoms with Gasteiger partial charge in [0.2, 0.25) is 0 Å². The smallest absolute Gasteiger partial charge is 0.144 e. The molecule has 1 N–H and O–H groups in total. The lowest BCUT2D eigenvalue weighted by Crippen LogP contribution is -2.10. The van der Waals surface area contributed by atoms with Crippen molar-refractivity contribution in [2.24, 2.45) is 0 Å². The van der Waals surface area contributed by atoms with E-state index in [0.29, 0.717) is 17.9 Å². The van der Waals surface area contributed by atoms with Crippen molar-refractivity contribution in [3.05, 3.63) is 47.0 Å². The molecule has 1 aliphatic rings. The first-order valence-corrected chi connectivity index (χ1v) is 6.56. The predicted molar refractivity (Wildman–Crippen MR) is 71.6 cm³/mol. The highest BCUT2D eigenvalue weighted by Crippen LogP contribution is 2.24. The van der Waals surface area contributed by atoms with E-state index in [0.717, 1.165) is 24.3 Å². The first-order valence-electron chi connectivity index (χ1n) is 6.56. The van der Waals surface area contributed by atoms with Crippen LogP contribution < -0.4 is 5.32 Å². The summed E-state index contributed by atoms with van der Waals surface area (Å²) in [6.45, 7) is 0.549. The number of hydrogen-bond donors (Lipinski definition) is 1. The van der Waals surface area contributed by atoms with Crippen LogP contribution in [0.4, 0.5) is 5.82 Å². The fourth-order valence-electron chi connectivity index (χ4n) is 2.44. The lowest BCUT2D eigenvalue weighted by molar-refractivity contribution is 0.517. The van der Waals surface area contributed by atoms with Crippen LogP contribution in [-0.4, -0.2) is 4.98 Å². The molecule has 2 aromatic heterocycles. The van der Waals surface area contributed by atoms with Crippen LogP contribution in [0.15, 0.2) is 28.9 Å². The van der Waals surface area contributed by atoms with Gasteiger partial charge in [0.15, 0.2) is 0 Å². The van der Waals surface area contributed by atoms with Gasteiger partial charge in [-0.15, -0.1) is 0 Å². The molecule has 4 heteroatoms. The number of anilines is 1. The van der Waals surface area contributed by atoms with Crippen molar-refractivity contribution in [2.75, 3.05) is 5.32 Å². The Labute approximate surface area is 112 Å². The van der Waals surface area contributed by atoms with E-state index in [-0.39, 0.29) is 0 Å². The van der Waals surface area contributed by atoms with Crippen LogP contribution in [-0.2, 0) is 19.4 Å². The Morgan fingerprint density at radius 2 is 2.26 bits per heavy atom. The van der Waals surface area contributed by atoms with Crippen LogP contribution in [0.3, 0.4) is 0 Å². The second-order valence-electron chi connectivity index (χ2n) is 4.74. The van der Waals surface area contributed by atoms with Crippen molar-refractivity contribution in [3.63, 3.8) is 0 Å². The maximum Gasteiger partial charge on any atom is 0.144 e. The van der Waals surface area contributed by atoms with Crippen LogP contribution >= 0.6 is 0 Å². The molecule has 0 saturated heterocycles. The summed E-state index contributed by atoms with van der Waals surface area (Å²) in [4.78, 5) is 4.61. The Balaban J connectivity index is 1.85. The maximum atomic E-state index is 9.22. The van der Waals surface area contributed by atoms with Crippen molar-refractivity contribution in [1.82, 2.24) is 4.98 Å². The third-order valence-corrected chi connectivity index (χ3v) is 3.43. The summed E-state index contributed by atoms with van der Waals surface area (Å²) in [6, 6.07) is 7.95. The zero-order valence-corrected chi connectivity index (χ0v) is 10.6. The molecule has 2 aromatic rings. The first kappa shape index (κ1) is 11.8.